The molecule has 0 amide bonds. The van der Waals surface area contributed by atoms with Crippen molar-refractivity contribution in [2.24, 2.45) is 0 Å². The third-order valence-electron chi connectivity index (χ3n) is 5.67. The number of aliphatic hydroxyl groups is 1. The van der Waals surface area contributed by atoms with E-state index in [1.54, 1.807) is 6.07 Å². The Kier molecular flexibility index (Phi) is 3.95. The van der Waals surface area contributed by atoms with Crippen LogP contribution in [0, 0.1) is 0 Å². The van der Waals surface area contributed by atoms with E-state index < -0.39 is 5.60 Å². The molecule has 1 aliphatic carbocycles. The topological polar surface area (TPSA) is 43.7 Å². The Labute approximate surface area is 131 Å². The van der Waals surface area contributed by atoms with E-state index in [0.29, 0.717) is 5.75 Å². The smallest absolute Gasteiger partial charge is 0.115 e. The highest BCUT2D eigenvalue weighted by atomic mass is 79.9. The van der Waals surface area contributed by atoms with Gasteiger partial charge in [-0.15, -0.1) is 17.0 Å². The van der Waals surface area contributed by atoms with Gasteiger partial charge in [-0.3, -0.25) is 0 Å². The van der Waals surface area contributed by atoms with E-state index in [9.17, 15) is 10.2 Å². The zero-order valence-corrected chi connectivity index (χ0v) is 14.1. The van der Waals surface area contributed by atoms with Crippen LogP contribution >= 0.6 is 17.0 Å². The molecule has 2 N–H and O–H groups in total. The Morgan fingerprint density at radius 3 is 2.75 bits per heavy atom. The Morgan fingerprint density at radius 1 is 1.40 bits per heavy atom. The predicted octanol–water partition coefficient (Wildman–Crippen LogP) is 2.63. The fourth-order valence-electron chi connectivity index (χ4n) is 4.41. The van der Waals surface area contributed by atoms with Crippen molar-refractivity contribution in [3.8, 4) is 5.75 Å². The average molecular weight is 342 g/mol. The molecule has 1 aromatic rings. The lowest BCUT2D eigenvalue weighted by Crippen LogP contribution is -2.69. The van der Waals surface area contributed by atoms with E-state index in [2.05, 4.69) is 18.9 Å². The number of likely N-dealkylation sites (N-methyl/N-ethyl adjacent to an activating group) is 1. The van der Waals surface area contributed by atoms with Crippen molar-refractivity contribution in [3.05, 3.63) is 29.3 Å². The van der Waals surface area contributed by atoms with Crippen LogP contribution in [0.15, 0.2) is 18.2 Å². The van der Waals surface area contributed by atoms with E-state index in [-0.39, 0.29) is 28.4 Å². The van der Waals surface area contributed by atoms with Crippen LogP contribution in [0.5, 0.6) is 5.75 Å². The third-order valence-corrected chi connectivity index (χ3v) is 5.67. The second-order valence-electron chi connectivity index (χ2n) is 6.38. The number of halogens is 1. The lowest BCUT2D eigenvalue weighted by molar-refractivity contribution is -0.129. The van der Waals surface area contributed by atoms with Crippen molar-refractivity contribution in [1.82, 2.24) is 4.90 Å². The largest absolute Gasteiger partial charge is 0.508 e. The number of piperidine rings is 1. The molecule has 3 atom stereocenters. The number of likely N-dealkylation sites (tertiary alicyclic amines) is 1. The van der Waals surface area contributed by atoms with Crippen LogP contribution in [0.2, 0.25) is 0 Å². The summed E-state index contributed by atoms with van der Waals surface area (Å²) in [5.74, 6) is 0.305. The highest BCUT2D eigenvalue weighted by Crippen LogP contribution is 2.53. The van der Waals surface area contributed by atoms with E-state index in [0.717, 1.165) is 31.4 Å². The van der Waals surface area contributed by atoms with Gasteiger partial charge in [0, 0.05) is 11.5 Å². The predicted molar refractivity (Wildman–Crippen MR) is 85.8 cm³/mol. The van der Waals surface area contributed by atoms with Crippen molar-refractivity contribution < 1.29 is 10.2 Å². The van der Waals surface area contributed by atoms with Crippen molar-refractivity contribution in [1.29, 1.82) is 0 Å². The summed E-state index contributed by atoms with van der Waals surface area (Å²) in [7, 11) is 2.10. The number of rotatable bonds is 1. The molecule has 20 heavy (non-hydrogen) atoms. The molecule has 2 bridgehead atoms. The molecule has 1 heterocycles. The normalized spacial score (nSPS) is 36.1. The van der Waals surface area contributed by atoms with Gasteiger partial charge in [-0.1, -0.05) is 13.0 Å². The molecule has 112 valence electrons. The van der Waals surface area contributed by atoms with Gasteiger partial charge in [0.1, 0.15) is 5.75 Å². The number of fused-ring (bicyclic) bond motifs is 4. The van der Waals surface area contributed by atoms with Gasteiger partial charge in [0.15, 0.2) is 0 Å². The monoisotopic (exact) mass is 341 g/mol. The van der Waals surface area contributed by atoms with Gasteiger partial charge >= 0.3 is 0 Å². The summed E-state index contributed by atoms with van der Waals surface area (Å²) in [5.41, 5.74) is 1.47. The summed E-state index contributed by atoms with van der Waals surface area (Å²) < 4.78 is 0. The maximum Gasteiger partial charge on any atom is 0.115 e. The van der Waals surface area contributed by atoms with Gasteiger partial charge in [0.25, 0.3) is 0 Å². The lowest BCUT2D eigenvalue weighted by atomic mass is 9.54. The lowest BCUT2D eigenvalue weighted by Gasteiger charge is -2.60. The molecule has 3 nitrogen and oxygen atoms in total. The molecule has 1 aliphatic heterocycles. The van der Waals surface area contributed by atoms with E-state index >= 15 is 0 Å². The molecule has 4 heteroatoms. The van der Waals surface area contributed by atoms with Gasteiger partial charge in [-0.25, -0.2) is 0 Å². The molecule has 0 saturated carbocycles. The summed E-state index contributed by atoms with van der Waals surface area (Å²) >= 11 is 0. The number of hydrogen-bond donors (Lipinski definition) is 2. The fourth-order valence-corrected chi connectivity index (χ4v) is 4.41. The summed E-state index contributed by atoms with van der Waals surface area (Å²) in [6.07, 6.45) is 2.71. The second kappa shape index (κ2) is 5.00. The molecule has 2 aliphatic rings. The Bertz CT molecular complexity index is 517. The van der Waals surface area contributed by atoms with Crippen LogP contribution < -0.4 is 0 Å². The van der Waals surface area contributed by atoms with Gasteiger partial charge in [-0.2, -0.15) is 0 Å². The van der Waals surface area contributed by atoms with Crippen molar-refractivity contribution in [2.45, 2.75) is 50.2 Å². The van der Waals surface area contributed by atoms with Crippen LogP contribution in [-0.2, 0) is 11.8 Å². The van der Waals surface area contributed by atoms with Gasteiger partial charge in [-0.05, 0) is 63.0 Å². The zero-order valence-electron chi connectivity index (χ0n) is 12.4. The number of phenolic OH excluding ortho intramolecular Hbond substituents is 1. The molecule has 1 fully saturated rings. The first-order valence-electron chi connectivity index (χ1n) is 7.17. The van der Waals surface area contributed by atoms with Crippen LogP contribution in [0.4, 0.5) is 0 Å². The first-order chi connectivity index (χ1) is 8.92. The van der Waals surface area contributed by atoms with Crippen molar-refractivity contribution in [2.75, 3.05) is 13.6 Å². The minimum absolute atomic E-state index is 0. The summed E-state index contributed by atoms with van der Waals surface area (Å²) in [5, 5.41) is 21.0. The van der Waals surface area contributed by atoms with Gasteiger partial charge in [0.05, 0.1) is 5.60 Å². The van der Waals surface area contributed by atoms with E-state index in [1.807, 2.05) is 19.1 Å². The Balaban J connectivity index is 0.00000147. The summed E-state index contributed by atoms with van der Waals surface area (Å²) in [4.78, 5) is 2.28. The quantitative estimate of drug-likeness (QED) is 0.825. The summed E-state index contributed by atoms with van der Waals surface area (Å²) in [6, 6.07) is 5.82. The molecule has 0 spiro atoms. The van der Waals surface area contributed by atoms with Crippen LogP contribution in [0.1, 0.15) is 37.8 Å². The molecule has 1 aromatic carbocycles. The molecule has 1 saturated heterocycles. The van der Waals surface area contributed by atoms with Crippen LogP contribution in [0.3, 0.4) is 0 Å². The summed E-state index contributed by atoms with van der Waals surface area (Å²) in [6.45, 7) is 5.13. The van der Waals surface area contributed by atoms with Crippen molar-refractivity contribution >= 4 is 17.0 Å². The second-order valence-corrected chi connectivity index (χ2v) is 6.38. The molecular formula is C16H24BrNO2. The van der Waals surface area contributed by atoms with Crippen LogP contribution in [0.25, 0.3) is 0 Å². The number of nitrogens with zero attached hydrogens (tertiary/aromatic N) is 1. The SMILES string of the molecule is Br.CCC12CCN(C)C(Cc3ccc(O)cc31)C2(C)O. The number of aromatic hydroxyl groups is 1. The Morgan fingerprint density at radius 2 is 2.10 bits per heavy atom. The Hall–Kier alpha value is -0.580. The van der Waals surface area contributed by atoms with E-state index in [4.69, 9.17) is 0 Å². The zero-order chi connectivity index (χ0) is 13.8. The maximum atomic E-state index is 11.2. The van der Waals surface area contributed by atoms with Crippen LogP contribution in [-0.4, -0.2) is 40.3 Å². The van der Waals surface area contributed by atoms with E-state index in [1.165, 1.54) is 5.56 Å². The third kappa shape index (κ3) is 1.85. The minimum atomic E-state index is -0.741. The van der Waals surface area contributed by atoms with Crippen molar-refractivity contribution in [3.63, 3.8) is 0 Å². The first-order valence-corrected chi connectivity index (χ1v) is 7.17. The maximum absolute atomic E-state index is 11.2. The fraction of sp³-hybridized carbons (Fsp3) is 0.625. The minimum Gasteiger partial charge on any atom is -0.508 e. The highest BCUT2D eigenvalue weighted by molar-refractivity contribution is 8.93. The standard InChI is InChI=1S/C16H23NO2.BrH/c1-4-16-7-8-17(3)14(15(16,2)19)9-11-5-6-12(18)10-13(11)16;/h5-6,10,14,18-19H,4,7-9H2,1-3H3;1H. The number of phenols is 1. The first kappa shape index (κ1) is 15.8. The number of hydrogen-bond acceptors (Lipinski definition) is 3. The molecule has 3 unspecified atom stereocenters. The number of benzene rings is 1. The average Bonchev–Trinajstić information content (AvgIpc) is 2.35. The molecule has 0 aromatic heterocycles. The molecular weight excluding hydrogens is 318 g/mol. The van der Waals surface area contributed by atoms with Gasteiger partial charge in [0.2, 0.25) is 0 Å². The van der Waals surface area contributed by atoms with Gasteiger partial charge < -0.3 is 15.1 Å². The highest BCUT2D eigenvalue weighted by Gasteiger charge is 2.58. The molecule has 3 rings (SSSR count). The molecule has 0 radical (unpaired) electrons.